The molecule has 0 aromatic heterocycles. The Bertz CT molecular complexity index is 1300. The van der Waals surface area contributed by atoms with Crippen molar-refractivity contribution in [2.75, 3.05) is 12.9 Å². The lowest BCUT2D eigenvalue weighted by molar-refractivity contribution is -0.335. The standard InChI is InChI=1S/C33H48O9S/c1-7-28-22(4)13-14-32(41-28)18-26-17-25(40-32)12-11-21(3)15-20(2)9-8-10-24-19-38-30-29(42-43(6,36)37)23(5)16-27(31(34)39-26)33(24,30)35/h8-11,16,20,22,25-30,35H,7,12-15,17-19H2,1-6H3/b9-8+,21-11+,24-10+/t20-,22-,25+,26-,27-,28+,29-,30+,32+,33+/m0/s1. The Labute approximate surface area is 256 Å². The minimum absolute atomic E-state index is 0.0280. The molecule has 2 bridgehead atoms. The maximum Gasteiger partial charge on any atom is 0.316 e. The van der Waals surface area contributed by atoms with Crippen LogP contribution in [-0.4, -0.2) is 74.3 Å². The molecule has 9 nitrogen and oxygen atoms in total. The van der Waals surface area contributed by atoms with E-state index in [9.17, 15) is 18.3 Å². The Hall–Kier alpha value is -1.82. The Morgan fingerprint density at radius 1 is 1.16 bits per heavy atom. The number of carbonyl (C=O) groups excluding carboxylic acids is 1. The number of rotatable bonds is 3. The van der Waals surface area contributed by atoms with Gasteiger partial charge in [-0.15, -0.1) is 0 Å². The number of hydrogen-bond donors (Lipinski definition) is 1. The molecule has 0 radical (unpaired) electrons. The van der Waals surface area contributed by atoms with E-state index >= 15 is 0 Å². The van der Waals surface area contributed by atoms with Crippen molar-refractivity contribution < 1.29 is 41.4 Å². The second-order valence-electron chi connectivity index (χ2n) is 13.4. The average Bonchev–Trinajstić information content (AvgIpc) is 3.26. The highest BCUT2D eigenvalue weighted by Gasteiger charge is 2.61. The Morgan fingerprint density at radius 2 is 1.93 bits per heavy atom. The molecule has 4 heterocycles. The van der Waals surface area contributed by atoms with Gasteiger partial charge in [-0.1, -0.05) is 56.7 Å². The molecule has 3 fully saturated rings. The molecule has 4 aliphatic heterocycles. The molecule has 0 aromatic rings. The summed E-state index contributed by atoms with van der Waals surface area (Å²) in [5.41, 5.74) is 0.359. The summed E-state index contributed by atoms with van der Waals surface area (Å²) in [7, 11) is -3.88. The fourth-order valence-electron chi connectivity index (χ4n) is 7.52. The molecule has 43 heavy (non-hydrogen) atoms. The van der Waals surface area contributed by atoms with Crippen LogP contribution < -0.4 is 0 Å². The summed E-state index contributed by atoms with van der Waals surface area (Å²) in [5.74, 6) is -1.89. The molecule has 0 aromatic carbocycles. The van der Waals surface area contributed by atoms with Gasteiger partial charge in [-0.25, -0.2) is 0 Å². The molecule has 5 rings (SSSR count). The van der Waals surface area contributed by atoms with Gasteiger partial charge in [0.05, 0.1) is 25.1 Å². The van der Waals surface area contributed by atoms with Crippen LogP contribution in [0.4, 0.5) is 0 Å². The van der Waals surface area contributed by atoms with Gasteiger partial charge < -0.3 is 24.1 Å². The first kappa shape index (κ1) is 32.6. The molecular weight excluding hydrogens is 572 g/mol. The van der Waals surface area contributed by atoms with Crippen molar-refractivity contribution in [3.63, 3.8) is 0 Å². The van der Waals surface area contributed by atoms with E-state index in [1.807, 2.05) is 6.08 Å². The number of allylic oxidation sites excluding steroid dienone is 4. The molecule has 0 saturated carbocycles. The van der Waals surface area contributed by atoms with E-state index in [2.05, 4.69) is 39.8 Å². The van der Waals surface area contributed by atoms with Crippen LogP contribution >= 0.6 is 0 Å². The van der Waals surface area contributed by atoms with Crippen molar-refractivity contribution in [3.8, 4) is 0 Å². The fraction of sp³-hybridized carbons (Fsp3) is 0.727. The minimum Gasteiger partial charge on any atom is -0.462 e. The van der Waals surface area contributed by atoms with Gasteiger partial charge in [-0.05, 0) is 62.5 Å². The smallest absolute Gasteiger partial charge is 0.316 e. The SMILES string of the molecule is CC[C@H]1O[C@]2(CC[C@@H]1C)C[C@@H]1C[C@@H](C/C=C(\C)C[C@@H](C)/C=C/C=C3\CO[C@@H]4[C@@H](OS(C)(=O)=O)C(C)=C[C@@H](C(=O)O1)[C@]34O)O2. The predicted molar refractivity (Wildman–Crippen MR) is 161 cm³/mol. The quantitative estimate of drug-likeness (QED) is 0.267. The number of aliphatic hydroxyl groups is 1. The van der Waals surface area contributed by atoms with E-state index < -0.39 is 51.7 Å². The zero-order valence-corrected chi connectivity index (χ0v) is 27.1. The molecule has 240 valence electrons. The number of fused-ring (bicyclic) bond motifs is 2. The van der Waals surface area contributed by atoms with Gasteiger partial charge >= 0.3 is 5.97 Å². The average molecular weight is 621 g/mol. The van der Waals surface area contributed by atoms with E-state index in [4.69, 9.17) is 23.1 Å². The van der Waals surface area contributed by atoms with Crippen LogP contribution in [0, 0.1) is 17.8 Å². The second-order valence-corrected chi connectivity index (χ2v) is 15.0. The summed E-state index contributed by atoms with van der Waals surface area (Å²) in [5, 5.41) is 12.3. The lowest BCUT2D eigenvalue weighted by atomic mass is 9.71. The molecule has 1 aliphatic carbocycles. The highest BCUT2D eigenvalue weighted by molar-refractivity contribution is 7.86. The summed E-state index contributed by atoms with van der Waals surface area (Å²) < 4.78 is 55.3. The third-order valence-corrected chi connectivity index (χ3v) is 10.3. The lowest BCUT2D eigenvalue weighted by Gasteiger charge is -2.50. The van der Waals surface area contributed by atoms with E-state index in [0.717, 1.165) is 31.9 Å². The number of carbonyl (C=O) groups is 1. The summed E-state index contributed by atoms with van der Waals surface area (Å²) in [4.78, 5) is 14.1. The molecule has 0 unspecified atom stereocenters. The normalized spacial score (nSPS) is 45.7. The maximum absolute atomic E-state index is 14.1. The monoisotopic (exact) mass is 620 g/mol. The Kier molecular flexibility index (Phi) is 9.49. The van der Waals surface area contributed by atoms with Gasteiger partial charge in [0.25, 0.3) is 10.1 Å². The number of ether oxygens (including phenoxy) is 4. The zero-order chi connectivity index (χ0) is 31.2. The third-order valence-electron chi connectivity index (χ3n) is 9.75. The van der Waals surface area contributed by atoms with Gasteiger partial charge in [-0.2, -0.15) is 8.42 Å². The summed E-state index contributed by atoms with van der Waals surface area (Å²) in [6.45, 7) is 10.3. The first-order chi connectivity index (χ1) is 20.2. The van der Waals surface area contributed by atoms with Gasteiger partial charge in [0.1, 0.15) is 29.8 Å². The highest BCUT2D eigenvalue weighted by Crippen LogP contribution is 2.48. The van der Waals surface area contributed by atoms with Crippen LogP contribution in [-0.2, 0) is 38.0 Å². The number of hydrogen-bond acceptors (Lipinski definition) is 9. The van der Waals surface area contributed by atoms with Crippen LogP contribution in [0.5, 0.6) is 0 Å². The molecule has 3 saturated heterocycles. The Morgan fingerprint density at radius 3 is 2.65 bits per heavy atom. The number of esters is 1. The molecule has 10 atom stereocenters. The Balaban J connectivity index is 1.54. The molecule has 5 aliphatic rings. The van der Waals surface area contributed by atoms with Gasteiger partial charge in [0.15, 0.2) is 5.79 Å². The maximum atomic E-state index is 14.1. The first-order valence-electron chi connectivity index (χ1n) is 15.7. The van der Waals surface area contributed by atoms with E-state index in [0.29, 0.717) is 36.3 Å². The van der Waals surface area contributed by atoms with Crippen LogP contribution in [0.2, 0.25) is 0 Å². The first-order valence-corrected chi connectivity index (χ1v) is 17.5. The molecule has 1 N–H and O–H groups in total. The summed E-state index contributed by atoms with van der Waals surface area (Å²) in [6.07, 6.45) is 12.7. The van der Waals surface area contributed by atoms with Crippen molar-refractivity contribution in [2.45, 2.75) is 121 Å². The minimum atomic E-state index is -3.88. The van der Waals surface area contributed by atoms with Gasteiger partial charge in [0, 0.05) is 19.3 Å². The van der Waals surface area contributed by atoms with E-state index in [-0.39, 0.29) is 24.7 Å². The molecule has 10 heteroatoms. The van der Waals surface area contributed by atoms with Crippen molar-refractivity contribution in [2.24, 2.45) is 17.8 Å². The molecule has 1 spiro atoms. The van der Waals surface area contributed by atoms with E-state index in [1.54, 1.807) is 19.1 Å². The topological polar surface area (TPSA) is 118 Å². The van der Waals surface area contributed by atoms with Crippen molar-refractivity contribution in [1.82, 2.24) is 0 Å². The molecule has 0 amide bonds. The van der Waals surface area contributed by atoms with Crippen molar-refractivity contribution >= 4 is 16.1 Å². The molecular formula is C33H48O9S. The lowest BCUT2D eigenvalue weighted by Crippen LogP contribution is -2.59. The van der Waals surface area contributed by atoms with Gasteiger partial charge in [-0.3, -0.25) is 8.98 Å². The van der Waals surface area contributed by atoms with Crippen LogP contribution in [0.15, 0.2) is 47.1 Å². The zero-order valence-electron chi connectivity index (χ0n) is 26.3. The van der Waals surface area contributed by atoms with E-state index in [1.165, 1.54) is 5.57 Å². The van der Waals surface area contributed by atoms with Crippen molar-refractivity contribution in [3.05, 3.63) is 47.1 Å². The predicted octanol–water partition coefficient (Wildman–Crippen LogP) is 4.91. The fourth-order valence-corrected chi connectivity index (χ4v) is 8.15. The third kappa shape index (κ3) is 6.89. The van der Waals surface area contributed by atoms with Crippen molar-refractivity contribution in [1.29, 1.82) is 0 Å². The summed E-state index contributed by atoms with van der Waals surface area (Å²) >= 11 is 0. The second kappa shape index (κ2) is 12.5. The largest absolute Gasteiger partial charge is 0.462 e. The summed E-state index contributed by atoms with van der Waals surface area (Å²) in [6, 6.07) is 0. The van der Waals surface area contributed by atoms with Crippen LogP contribution in [0.1, 0.15) is 79.6 Å². The highest BCUT2D eigenvalue weighted by atomic mass is 32.2. The van der Waals surface area contributed by atoms with Crippen LogP contribution in [0.3, 0.4) is 0 Å². The van der Waals surface area contributed by atoms with Gasteiger partial charge in [0.2, 0.25) is 0 Å². The van der Waals surface area contributed by atoms with Crippen LogP contribution in [0.25, 0.3) is 0 Å².